The quantitative estimate of drug-likeness (QED) is 0.713. The second-order valence-corrected chi connectivity index (χ2v) is 3.89. The van der Waals surface area contributed by atoms with Crippen molar-refractivity contribution in [2.24, 2.45) is 0 Å². The summed E-state index contributed by atoms with van der Waals surface area (Å²) < 4.78 is 25.6. The van der Waals surface area contributed by atoms with Gasteiger partial charge in [0.2, 0.25) is 0 Å². The normalized spacial score (nSPS) is 10.3. The van der Waals surface area contributed by atoms with Crippen molar-refractivity contribution in [1.82, 2.24) is 0 Å². The van der Waals surface area contributed by atoms with Crippen LogP contribution in [0.4, 0.5) is 8.78 Å². The van der Waals surface area contributed by atoms with Gasteiger partial charge < -0.3 is 0 Å². The highest BCUT2D eigenvalue weighted by Crippen LogP contribution is 2.27. The molecule has 1 nitrogen and oxygen atoms in total. The Kier molecular flexibility index (Phi) is 2.60. The second kappa shape index (κ2) is 3.90. The lowest BCUT2D eigenvalue weighted by atomic mass is 10.1. The minimum absolute atomic E-state index is 0.511. The summed E-state index contributed by atoms with van der Waals surface area (Å²) in [5, 5.41) is 1.74. The van der Waals surface area contributed by atoms with E-state index in [1.54, 1.807) is 11.4 Å². The molecule has 1 aromatic carbocycles. The van der Waals surface area contributed by atoms with Crippen LogP contribution in [0.3, 0.4) is 0 Å². The van der Waals surface area contributed by atoms with Gasteiger partial charge in [-0.2, -0.15) is 0 Å². The molecule has 1 heterocycles. The highest BCUT2D eigenvalue weighted by Gasteiger charge is 2.08. The van der Waals surface area contributed by atoms with E-state index >= 15 is 0 Å². The molecule has 0 unspecified atom stereocenters. The molecule has 0 aliphatic heterocycles. The number of carbonyl (C=O) groups excluding carboxylic acids is 1. The van der Waals surface area contributed by atoms with E-state index in [0.717, 1.165) is 12.1 Å². The molecule has 2 rings (SSSR count). The smallest absolute Gasteiger partial charge is 0.160 e. The van der Waals surface area contributed by atoms with Crippen molar-refractivity contribution in [1.29, 1.82) is 0 Å². The Labute approximate surface area is 89.0 Å². The van der Waals surface area contributed by atoms with E-state index in [-0.39, 0.29) is 0 Å². The molecule has 2 aromatic rings. The largest absolute Gasteiger partial charge is 0.297 e. The van der Waals surface area contributed by atoms with E-state index in [1.165, 1.54) is 17.4 Å². The van der Waals surface area contributed by atoms with Crippen molar-refractivity contribution in [3.63, 3.8) is 0 Å². The summed E-state index contributed by atoms with van der Waals surface area (Å²) in [6, 6.07) is 5.30. The van der Waals surface area contributed by atoms with Gasteiger partial charge in [0, 0.05) is 5.56 Å². The lowest BCUT2D eigenvalue weighted by molar-refractivity contribution is 0.112. The maximum Gasteiger partial charge on any atom is 0.160 e. The number of rotatable bonds is 2. The average Bonchev–Trinajstić information content (AvgIpc) is 2.70. The number of halogens is 2. The molecule has 0 saturated carbocycles. The zero-order valence-corrected chi connectivity index (χ0v) is 8.35. The van der Waals surface area contributed by atoms with E-state index in [1.807, 2.05) is 0 Å². The van der Waals surface area contributed by atoms with Crippen LogP contribution in [-0.2, 0) is 0 Å². The predicted molar refractivity (Wildman–Crippen MR) is 55.1 cm³/mol. The molecule has 1 aromatic heterocycles. The fourth-order valence-corrected chi connectivity index (χ4v) is 2.03. The monoisotopic (exact) mass is 224 g/mol. The van der Waals surface area contributed by atoms with Crippen LogP contribution in [0, 0.1) is 11.6 Å². The lowest BCUT2D eigenvalue weighted by Gasteiger charge is -2.00. The first-order chi connectivity index (χ1) is 7.22. The van der Waals surface area contributed by atoms with Crippen molar-refractivity contribution in [3.8, 4) is 11.1 Å². The summed E-state index contributed by atoms with van der Waals surface area (Å²) in [5.74, 6) is -1.79. The summed E-state index contributed by atoms with van der Waals surface area (Å²) in [6.07, 6.45) is 0.710. The van der Waals surface area contributed by atoms with E-state index in [9.17, 15) is 13.6 Å². The van der Waals surface area contributed by atoms with Crippen LogP contribution in [0.5, 0.6) is 0 Å². The topological polar surface area (TPSA) is 17.1 Å². The number of aldehydes is 1. The van der Waals surface area contributed by atoms with Crippen LogP contribution in [0.2, 0.25) is 0 Å². The zero-order chi connectivity index (χ0) is 10.8. The maximum absolute atomic E-state index is 12.9. The standard InChI is InChI=1S/C11H6F2OS/c12-9-2-1-7(5-10(9)13)8-3-4-15-11(8)6-14/h1-6H. The van der Waals surface area contributed by atoms with Gasteiger partial charge in [0.1, 0.15) is 0 Å². The van der Waals surface area contributed by atoms with Crippen LogP contribution in [-0.4, -0.2) is 6.29 Å². The van der Waals surface area contributed by atoms with Crippen molar-refractivity contribution in [2.75, 3.05) is 0 Å². The minimum atomic E-state index is -0.907. The van der Waals surface area contributed by atoms with Crippen LogP contribution < -0.4 is 0 Å². The molecular formula is C11H6F2OS. The van der Waals surface area contributed by atoms with E-state index in [4.69, 9.17) is 0 Å². The van der Waals surface area contributed by atoms with Crippen molar-refractivity contribution < 1.29 is 13.6 Å². The summed E-state index contributed by atoms with van der Waals surface area (Å²) in [5.41, 5.74) is 1.14. The molecular weight excluding hydrogens is 218 g/mol. The lowest BCUT2D eigenvalue weighted by Crippen LogP contribution is -1.86. The van der Waals surface area contributed by atoms with E-state index in [2.05, 4.69) is 0 Å². The Morgan fingerprint density at radius 3 is 2.60 bits per heavy atom. The summed E-state index contributed by atoms with van der Waals surface area (Å²) >= 11 is 1.27. The molecule has 0 bridgehead atoms. The van der Waals surface area contributed by atoms with Crippen LogP contribution in [0.1, 0.15) is 9.67 Å². The fourth-order valence-electron chi connectivity index (χ4n) is 1.31. The molecule has 76 valence electrons. The number of benzene rings is 1. The molecule has 0 N–H and O–H groups in total. The number of hydrogen-bond donors (Lipinski definition) is 0. The SMILES string of the molecule is O=Cc1sccc1-c1ccc(F)c(F)c1. The van der Waals surface area contributed by atoms with Crippen LogP contribution >= 0.6 is 11.3 Å². The summed E-state index contributed by atoms with van der Waals surface area (Å²) in [6.45, 7) is 0. The Bertz CT molecular complexity index is 505. The molecule has 0 radical (unpaired) electrons. The molecule has 0 atom stereocenters. The van der Waals surface area contributed by atoms with Crippen LogP contribution in [0.15, 0.2) is 29.6 Å². The molecule has 0 aliphatic carbocycles. The molecule has 0 saturated heterocycles. The van der Waals surface area contributed by atoms with Gasteiger partial charge in [-0.1, -0.05) is 6.07 Å². The molecule has 15 heavy (non-hydrogen) atoms. The molecule has 0 fully saturated rings. The summed E-state index contributed by atoms with van der Waals surface area (Å²) in [7, 11) is 0. The number of carbonyl (C=O) groups is 1. The van der Waals surface area contributed by atoms with E-state index in [0.29, 0.717) is 22.3 Å². The summed E-state index contributed by atoms with van der Waals surface area (Å²) in [4.78, 5) is 11.2. The van der Waals surface area contributed by atoms with Gasteiger partial charge in [-0.25, -0.2) is 8.78 Å². The van der Waals surface area contributed by atoms with Crippen molar-refractivity contribution in [2.45, 2.75) is 0 Å². The number of thiophene rings is 1. The molecule has 0 spiro atoms. The van der Waals surface area contributed by atoms with Crippen molar-refractivity contribution >= 4 is 17.6 Å². The predicted octanol–water partition coefficient (Wildman–Crippen LogP) is 3.51. The highest BCUT2D eigenvalue weighted by molar-refractivity contribution is 7.12. The Morgan fingerprint density at radius 1 is 1.13 bits per heavy atom. The van der Waals surface area contributed by atoms with Gasteiger partial charge in [0.25, 0.3) is 0 Å². The molecule has 4 heteroatoms. The van der Waals surface area contributed by atoms with Gasteiger partial charge in [0.05, 0.1) is 4.88 Å². The van der Waals surface area contributed by atoms with Gasteiger partial charge in [0.15, 0.2) is 17.9 Å². The second-order valence-electron chi connectivity index (χ2n) is 2.95. The Balaban J connectivity index is 2.54. The third-order valence-corrected chi connectivity index (χ3v) is 2.88. The van der Waals surface area contributed by atoms with Crippen molar-refractivity contribution in [3.05, 3.63) is 46.2 Å². The minimum Gasteiger partial charge on any atom is -0.297 e. The maximum atomic E-state index is 12.9. The zero-order valence-electron chi connectivity index (χ0n) is 7.54. The first-order valence-corrected chi connectivity index (χ1v) is 5.08. The highest BCUT2D eigenvalue weighted by atomic mass is 32.1. The Morgan fingerprint density at radius 2 is 1.93 bits per heavy atom. The third-order valence-electron chi connectivity index (χ3n) is 2.03. The van der Waals surface area contributed by atoms with Gasteiger partial charge in [-0.05, 0) is 29.1 Å². The molecule has 0 amide bonds. The van der Waals surface area contributed by atoms with Gasteiger partial charge in [-0.15, -0.1) is 11.3 Å². The number of hydrogen-bond acceptors (Lipinski definition) is 2. The first kappa shape index (κ1) is 9.98. The third kappa shape index (κ3) is 1.80. The van der Waals surface area contributed by atoms with Gasteiger partial charge >= 0.3 is 0 Å². The Hall–Kier alpha value is -1.55. The first-order valence-electron chi connectivity index (χ1n) is 4.20. The average molecular weight is 224 g/mol. The molecule has 0 aliphatic rings. The fraction of sp³-hybridized carbons (Fsp3) is 0. The van der Waals surface area contributed by atoms with E-state index < -0.39 is 11.6 Å². The van der Waals surface area contributed by atoms with Crippen LogP contribution in [0.25, 0.3) is 11.1 Å². The van der Waals surface area contributed by atoms with Gasteiger partial charge in [-0.3, -0.25) is 4.79 Å².